The molecule has 3 N–H and O–H groups in total. The zero-order chi connectivity index (χ0) is 16.7. The van der Waals surface area contributed by atoms with Gasteiger partial charge in [0.15, 0.2) is 0 Å². The Morgan fingerprint density at radius 1 is 1.28 bits per heavy atom. The highest BCUT2D eigenvalue weighted by atomic mass is 35.5. The van der Waals surface area contributed by atoms with E-state index >= 15 is 0 Å². The van der Waals surface area contributed by atoms with Gasteiger partial charge in [-0.25, -0.2) is 4.98 Å². The molecule has 0 saturated carbocycles. The Balaban J connectivity index is 0.00000288. The van der Waals surface area contributed by atoms with Gasteiger partial charge in [-0.05, 0) is 30.9 Å². The Morgan fingerprint density at radius 3 is 2.60 bits per heavy atom. The second kappa shape index (κ2) is 12.2. The molecule has 8 heteroatoms. The number of rotatable bonds is 8. The zero-order valence-electron chi connectivity index (χ0n) is 14.5. The lowest BCUT2D eigenvalue weighted by molar-refractivity contribution is -0.122. The quantitative estimate of drug-likeness (QED) is 0.659. The second-order valence-electron chi connectivity index (χ2n) is 5.99. The van der Waals surface area contributed by atoms with E-state index in [0.29, 0.717) is 18.9 Å². The normalized spacial score (nSPS) is 11.4. The highest BCUT2D eigenvalue weighted by Crippen LogP contribution is 2.21. The molecular weight excluding hydrogens is 379 g/mol. The number of amides is 1. The van der Waals surface area contributed by atoms with Crippen molar-refractivity contribution in [1.82, 2.24) is 15.3 Å². The number of carbonyl (C=O) groups excluding carboxylic acids is 1. The van der Waals surface area contributed by atoms with Crippen LogP contribution in [0.4, 0.5) is 0 Å². The molecule has 0 spiro atoms. The molecule has 0 saturated heterocycles. The maximum absolute atomic E-state index is 11.8. The number of pyridine rings is 1. The standard InChI is InChI=1S/C17H24N4OS.2ClH/c1-12(2)10-14(18)17(22)20-7-3-4-16-21-15(11-23-16)13-5-8-19-9-6-13;;/h5-6,8-9,11-12,14H,3-4,7,10,18H2,1-2H3,(H,20,22);2*1H/t14-;;/m0../s1. The fraction of sp³-hybridized carbons (Fsp3) is 0.471. The number of thiazole rings is 1. The SMILES string of the molecule is CC(C)C[C@H](N)C(=O)NCCCc1nc(-c2ccncc2)cs1.Cl.Cl. The van der Waals surface area contributed by atoms with E-state index in [1.165, 1.54) is 0 Å². The van der Waals surface area contributed by atoms with Crippen LogP contribution in [-0.4, -0.2) is 28.5 Å². The van der Waals surface area contributed by atoms with E-state index in [4.69, 9.17) is 5.73 Å². The van der Waals surface area contributed by atoms with Crippen LogP contribution in [0, 0.1) is 5.92 Å². The second-order valence-corrected chi connectivity index (χ2v) is 6.94. The van der Waals surface area contributed by atoms with Crippen LogP contribution in [0.25, 0.3) is 11.3 Å². The Hall–Kier alpha value is -1.21. The van der Waals surface area contributed by atoms with E-state index in [1.54, 1.807) is 23.7 Å². The van der Waals surface area contributed by atoms with Gasteiger partial charge in [0.1, 0.15) is 0 Å². The number of nitrogens with one attached hydrogen (secondary N) is 1. The largest absolute Gasteiger partial charge is 0.355 e. The Morgan fingerprint density at radius 2 is 1.96 bits per heavy atom. The molecule has 0 aliphatic rings. The van der Waals surface area contributed by atoms with Gasteiger partial charge < -0.3 is 11.1 Å². The first kappa shape index (κ1) is 23.8. The lowest BCUT2D eigenvalue weighted by atomic mass is 10.0. The monoisotopic (exact) mass is 404 g/mol. The van der Waals surface area contributed by atoms with Crippen LogP contribution >= 0.6 is 36.2 Å². The van der Waals surface area contributed by atoms with Crippen molar-refractivity contribution in [2.24, 2.45) is 11.7 Å². The predicted octanol–water partition coefficient (Wildman–Crippen LogP) is 3.47. The Bertz CT molecular complexity index is 622. The number of hydrogen-bond donors (Lipinski definition) is 2. The van der Waals surface area contributed by atoms with Gasteiger partial charge in [-0.15, -0.1) is 36.2 Å². The molecule has 2 aromatic heterocycles. The average molecular weight is 405 g/mol. The predicted molar refractivity (Wildman–Crippen MR) is 109 cm³/mol. The molecule has 2 aromatic rings. The third kappa shape index (κ3) is 8.14. The number of nitrogens with two attached hydrogens (primary N) is 1. The summed E-state index contributed by atoms with van der Waals surface area (Å²) in [5.74, 6) is 0.369. The van der Waals surface area contributed by atoms with Crippen LogP contribution in [0.15, 0.2) is 29.9 Å². The van der Waals surface area contributed by atoms with Gasteiger partial charge in [-0.2, -0.15) is 0 Å². The maximum atomic E-state index is 11.8. The number of aromatic nitrogens is 2. The highest BCUT2D eigenvalue weighted by molar-refractivity contribution is 7.09. The number of aryl methyl sites for hydroxylation is 1. The topological polar surface area (TPSA) is 80.9 Å². The smallest absolute Gasteiger partial charge is 0.236 e. The minimum absolute atomic E-state index is 0. The molecular formula is C17H26Cl2N4OS. The van der Waals surface area contributed by atoms with E-state index in [0.717, 1.165) is 29.1 Å². The molecule has 140 valence electrons. The molecule has 2 heterocycles. The minimum atomic E-state index is -0.409. The van der Waals surface area contributed by atoms with E-state index in [-0.39, 0.29) is 30.7 Å². The van der Waals surface area contributed by atoms with Crippen molar-refractivity contribution in [2.45, 2.75) is 39.2 Å². The van der Waals surface area contributed by atoms with Crippen LogP contribution in [0.2, 0.25) is 0 Å². The summed E-state index contributed by atoms with van der Waals surface area (Å²) in [4.78, 5) is 20.5. The first-order valence-corrected chi connectivity index (χ1v) is 8.82. The fourth-order valence-corrected chi connectivity index (χ4v) is 3.13. The molecule has 0 fully saturated rings. The van der Waals surface area contributed by atoms with Gasteiger partial charge in [0, 0.05) is 36.3 Å². The Kier molecular flexibility index (Phi) is 11.6. The van der Waals surface area contributed by atoms with Gasteiger partial charge in [0.25, 0.3) is 0 Å². The highest BCUT2D eigenvalue weighted by Gasteiger charge is 2.14. The van der Waals surface area contributed by atoms with Crippen LogP contribution in [0.5, 0.6) is 0 Å². The van der Waals surface area contributed by atoms with Crippen LogP contribution in [0.1, 0.15) is 31.7 Å². The molecule has 0 radical (unpaired) electrons. The maximum Gasteiger partial charge on any atom is 0.236 e. The van der Waals surface area contributed by atoms with Gasteiger partial charge in [-0.1, -0.05) is 13.8 Å². The van der Waals surface area contributed by atoms with Crippen LogP contribution < -0.4 is 11.1 Å². The Labute approximate surface area is 165 Å². The summed E-state index contributed by atoms with van der Waals surface area (Å²) in [6.45, 7) is 4.76. The summed E-state index contributed by atoms with van der Waals surface area (Å²) < 4.78 is 0. The van der Waals surface area contributed by atoms with E-state index < -0.39 is 6.04 Å². The molecule has 0 bridgehead atoms. The summed E-state index contributed by atoms with van der Waals surface area (Å²) in [7, 11) is 0. The molecule has 2 rings (SSSR count). The van der Waals surface area contributed by atoms with Gasteiger partial charge in [0.05, 0.1) is 16.7 Å². The summed E-state index contributed by atoms with van der Waals surface area (Å²) in [6.07, 6.45) is 5.97. The third-order valence-electron chi connectivity index (χ3n) is 3.46. The van der Waals surface area contributed by atoms with Crippen molar-refractivity contribution in [3.05, 3.63) is 34.9 Å². The number of nitrogens with zero attached hydrogens (tertiary/aromatic N) is 2. The van der Waals surface area contributed by atoms with Crippen molar-refractivity contribution in [3.63, 3.8) is 0 Å². The number of carbonyl (C=O) groups is 1. The molecule has 0 aliphatic carbocycles. The summed E-state index contributed by atoms with van der Waals surface area (Å²) >= 11 is 1.65. The van der Waals surface area contributed by atoms with Crippen molar-refractivity contribution in [2.75, 3.05) is 6.54 Å². The van der Waals surface area contributed by atoms with Crippen molar-refractivity contribution in [1.29, 1.82) is 0 Å². The van der Waals surface area contributed by atoms with Crippen molar-refractivity contribution < 1.29 is 4.79 Å². The molecule has 0 aromatic carbocycles. The third-order valence-corrected chi connectivity index (χ3v) is 4.37. The first-order chi connectivity index (χ1) is 11.1. The molecule has 0 unspecified atom stereocenters. The van der Waals surface area contributed by atoms with Gasteiger partial charge in [0.2, 0.25) is 5.91 Å². The van der Waals surface area contributed by atoms with Crippen molar-refractivity contribution >= 4 is 42.1 Å². The summed E-state index contributed by atoms with van der Waals surface area (Å²) in [5.41, 5.74) is 7.91. The van der Waals surface area contributed by atoms with E-state index in [1.807, 2.05) is 12.1 Å². The van der Waals surface area contributed by atoms with Crippen molar-refractivity contribution in [3.8, 4) is 11.3 Å². The lowest BCUT2D eigenvalue weighted by Gasteiger charge is -2.13. The molecule has 5 nitrogen and oxygen atoms in total. The fourth-order valence-electron chi connectivity index (χ4n) is 2.28. The molecule has 1 amide bonds. The summed E-state index contributed by atoms with van der Waals surface area (Å²) in [6, 6.07) is 3.50. The van der Waals surface area contributed by atoms with Gasteiger partial charge in [-0.3, -0.25) is 9.78 Å². The molecule has 25 heavy (non-hydrogen) atoms. The number of halogens is 2. The first-order valence-electron chi connectivity index (χ1n) is 7.94. The van der Waals surface area contributed by atoms with E-state index in [2.05, 4.69) is 34.5 Å². The summed E-state index contributed by atoms with van der Waals surface area (Å²) in [5, 5.41) is 6.04. The minimum Gasteiger partial charge on any atom is -0.355 e. The number of hydrogen-bond acceptors (Lipinski definition) is 5. The molecule has 1 atom stereocenters. The van der Waals surface area contributed by atoms with Gasteiger partial charge >= 0.3 is 0 Å². The molecule has 0 aliphatic heterocycles. The van der Waals surface area contributed by atoms with E-state index in [9.17, 15) is 4.79 Å². The zero-order valence-corrected chi connectivity index (χ0v) is 16.9. The van der Waals surface area contributed by atoms with Crippen LogP contribution in [-0.2, 0) is 11.2 Å². The average Bonchev–Trinajstić information content (AvgIpc) is 3.00. The lowest BCUT2D eigenvalue weighted by Crippen LogP contribution is -2.41. The van der Waals surface area contributed by atoms with Crippen LogP contribution in [0.3, 0.4) is 0 Å².